The Morgan fingerprint density at radius 1 is 1.06 bits per heavy atom. The second kappa shape index (κ2) is 4.60. The van der Waals surface area contributed by atoms with Crippen LogP contribution in [0.5, 0.6) is 0 Å². The minimum atomic E-state index is 0.420. The van der Waals surface area contributed by atoms with Gasteiger partial charge in [-0.2, -0.15) is 0 Å². The van der Waals surface area contributed by atoms with Gasteiger partial charge in [0.15, 0.2) is 0 Å². The summed E-state index contributed by atoms with van der Waals surface area (Å²) in [4.78, 5) is 14.6. The van der Waals surface area contributed by atoms with Crippen molar-refractivity contribution < 1.29 is 4.79 Å². The summed E-state index contributed by atoms with van der Waals surface area (Å²) in [5, 5.41) is 3.32. The number of carbonyl (C=O) groups excluding carboxylic acids is 1. The molecule has 0 bridgehead atoms. The van der Waals surface area contributed by atoms with E-state index >= 15 is 0 Å². The quantitative estimate of drug-likeness (QED) is 0.790. The molecular formula is C14H24N2O. The van der Waals surface area contributed by atoms with E-state index in [2.05, 4.69) is 10.2 Å². The van der Waals surface area contributed by atoms with Gasteiger partial charge in [0.05, 0.1) is 0 Å². The zero-order valence-electron chi connectivity index (χ0n) is 10.8. The van der Waals surface area contributed by atoms with Gasteiger partial charge in [-0.05, 0) is 44.6 Å². The Balaban J connectivity index is 1.54. The molecule has 2 aliphatic carbocycles. The van der Waals surface area contributed by atoms with Gasteiger partial charge in [0.2, 0.25) is 5.91 Å². The first-order valence-corrected chi connectivity index (χ1v) is 7.27. The molecule has 0 aromatic rings. The van der Waals surface area contributed by atoms with Crippen LogP contribution in [0.1, 0.15) is 38.5 Å². The average molecular weight is 236 g/mol. The molecule has 96 valence electrons. The maximum atomic E-state index is 12.4. The summed E-state index contributed by atoms with van der Waals surface area (Å²) < 4.78 is 0. The molecule has 0 radical (unpaired) electrons. The number of nitrogens with one attached hydrogen (secondary N) is 1. The molecule has 0 aromatic carbocycles. The number of hydrogen-bond acceptors (Lipinski definition) is 2. The lowest BCUT2D eigenvalue weighted by atomic mass is 10.0. The Morgan fingerprint density at radius 2 is 1.65 bits per heavy atom. The van der Waals surface area contributed by atoms with E-state index in [1.165, 1.54) is 25.7 Å². The van der Waals surface area contributed by atoms with Crippen molar-refractivity contribution in [2.45, 2.75) is 44.6 Å². The summed E-state index contributed by atoms with van der Waals surface area (Å²) in [6.45, 7) is 1.94. The summed E-state index contributed by atoms with van der Waals surface area (Å²) >= 11 is 0. The monoisotopic (exact) mass is 236 g/mol. The van der Waals surface area contributed by atoms with Gasteiger partial charge in [-0.3, -0.25) is 4.79 Å². The van der Waals surface area contributed by atoms with Gasteiger partial charge in [0.1, 0.15) is 0 Å². The summed E-state index contributed by atoms with van der Waals surface area (Å²) in [6.07, 6.45) is 7.59. The third-order valence-corrected chi connectivity index (χ3v) is 5.16. The molecule has 2 atom stereocenters. The average Bonchev–Trinajstić information content (AvgIpc) is 3.12. The molecule has 1 saturated heterocycles. The van der Waals surface area contributed by atoms with Gasteiger partial charge < -0.3 is 10.2 Å². The molecule has 3 heteroatoms. The minimum absolute atomic E-state index is 0.420. The van der Waals surface area contributed by atoms with E-state index in [4.69, 9.17) is 0 Å². The van der Waals surface area contributed by atoms with Crippen molar-refractivity contribution in [2.24, 2.45) is 17.8 Å². The highest BCUT2D eigenvalue weighted by Gasteiger charge is 2.55. The van der Waals surface area contributed by atoms with Crippen molar-refractivity contribution in [3.05, 3.63) is 0 Å². The van der Waals surface area contributed by atoms with Gasteiger partial charge in [-0.1, -0.05) is 12.8 Å². The van der Waals surface area contributed by atoms with Gasteiger partial charge in [-0.25, -0.2) is 0 Å². The third-order valence-electron chi connectivity index (χ3n) is 5.16. The summed E-state index contributed by atoms with van der Waals surface area (Å²) in [5.41, 5.74) is 0. The number of likely N-dealkylation sites (tertiary alicyclic amines) is 1. The van der Waals surface area contributed by atoms with Crippen LogP contribution in [-0.2, 0) is 4.79 Å². The van der Waals surface area contributed by atoms with Crippen molar-refractivity contribution in [1.82, 2.24) is 10.2 Å². The largest absolute Gasteiger partial charge is 0.342 e. The van der Waals surface area contributed by atoms with E-state index in [1.54, 1.807) is 0 Å². The zero-order valence-corrected chi connectivity index (χ0v) is 10.8. The molecule has 1 heterocycles. The second-order valence-electron chi connectivity index (χ2n) is 6.03. The first kappa shape index (κ1) is 11.5. The molecule has 2 saturated carbocycles. The molecule has 1 amide bonds. The molecule has 3 rings (SSSR count). The molecule has 1 N–H and O–H groups in total. The lowest BCUT2D eigenvalue weighted by molar-refractivity contribution is -0.134. The topological polar surface area (TPSA) is 32.3 Å². The van der Waals surface area contributed by atoms with Crippen LogP contribution in [-0.4, -0.2) is 37.0 Å². The Bertz CT molecular complexity index is 285. The SMILES string of the molecule is CNC1CCN(C(=O)C2C3CCCCC32)CC1. The fourth-order valence-corrected chi connectivity index (χ4v) is 3.96. The van der Waals surface area contributed by atoms with Crippen LogP contribution in [0.15, 0.2) is 0 Å². The summed E-state index contributed by atoms with van der Waals surface area (Å²) in [7, 11) is 2.03. The Kier molecular flexibility index (Phi) is 3.12. The molecule has 0 aromatic heterocycles. The smallest absolute Gasteiger partial charge is 0.226 e. The maximum absolute atomic E-state index is 12.4. The Hall–Kier alpha value is -0.570. The molecule has 17 heavy (non-hydrogen) atoms. The highest BCUT2D eigenvalue weighted by atomic mass is 16.2. The first-order valence-electron chi connectivity index (χ1n) is 7.27. The van der Waals surface area contributed by atoms with Crippen LogP contribution < -0.4 is 5.32 Å². The first-order chi connectivity index (χ1) is 8.31. The molecule has 3 aliphatic rings. The fourth-order valence-electron chi connectivity index (χ4n) is 3.96. The van der Waals surface area contributed by atoms with Crippen molar-refractivity contribution in [1.29, 1.82) is 0 Å². The molecule has 3 fully saturated rings. The van der Waals surface area contributed by atoms with Crippen LogP contribution in [0.2, 0.25) is 0 Å². The number of rotatable bonds is 2. The van der Waals surface area contributed by atoms with Gasteiger partial charge >= 0.3 is 0 Å². The van der Waals surface area contributed by atoms with E-state index in [0.29, 0.717) is 17.9 Å². The molecule has 3 nitrogen and oxygen atoms in total. The second-order valence-corrected chi connectivity index (χ2v) is 6.03. The van der Waals surface area contributed by atoms with E-state index in [0.717, 1.165) is 37.8 Å². The van der Waals surface area contributed by atoms with E-state index in [1.807, 2.05) is 7.05 Å². The molecule has 2 unspecified atom stereocenters. The minimum Gasteiger partial charge on any atom is -0.342 e. The molecule has 1 aliphatic heterocycles. The zero-order chi connectivity index (χ0) is 11.8. The van der Waals surface area contributed by atoms with E-state index < -0.39 is 0 Å². The number of hydrogen-bond donors (Lipinski definition) is 1. The number of piperidine rings is 1. The maximum Gasteiger partial charge on any atom is 0.226 e. The van der Waals surface area contributed by atoms with Crippen molar-refractivity contribution in [3.63, 3.8) is 0 Å². The molecular weight excluding hydrogens is 212 g/mol. The van der Waals surface area contributed by atoms with Gasteiger partial charge in [0.25, 0.3) is 0 Å². The Labute approximate surface area is 104 Å². The van der Waals surface area contributed by atoms with Crippen LogP contribution in [0.4, 0.5) is 0 Å². The van der Waals surface area contributed by atoms with Crippen LogP contribution >= 0.6 is 0 Å². The lowest BCUT2D eigenvalue weighted by Gasteiger charge is -2.32. The number of nitrogens with zero attached hydrogens (tertiary/aromatic N) is 1. The van der Waals surface area contributed by atoms with Crippen molar-refractivity contribution in [3.8, 4) is 0 Å². The van der Waals surface area contributed by atoms with Gasteiger partial charge in [0, 0.05) is 25.0 Å². The highest BCUT2D eigenvalue weighted by Crippen LogP contribution is 2.56. The lowest BCUT2D eigenvalue weighted by Crippen LogP contribution is -2.44. The standard InChI is InChI=1S/C14H24N2O/c1-15-10-6-8-16(9-7-10)14(17)13-11-4-2-3-5-12(11)13/h10-13,15H,2-9H2,1H3. The third kappa shape index (κ3) is 2.10. The predicted octanol–water partition coefficient (Wildman–Crippen LogP) is 1.63. The van der Waals surface area contributed by atoms with E-state index in [-0.39, 0.29) is 0 Å². The summed E-state index contributed by atoms with van der Waals surface area (Å²) in [6, 6.07) is 0.625. The van der Waals surface area contributed by atoms with Gasteiger partial charge in [-0.15, -0.1) is 0 Å². The molecule has 0 spiro atoms. The number of fused-ring (bicyclic) bond motifs is 1. The fraction of sp³-hybridized carbons (Fsp3) is 0.929. The van der Waals surface area contributed by atoms with E-state index in [9.17, 15) is 4.79 Å². The van der Waals surface area contributed by atoms with Crippen molar-refractivity contribution >= 4 is 5.91 Å². The van der Waals surface area contributed by atoms with Crippen LogP contribution in [0.25, 0.3) is 0 Å². The predicted molar refractivity (Wildman–Crippen MR) is 67.6 cm³/mol. The van der Waals surface area contributed by atoms with Crippen molar-refractivity contribution in [2.75, 3.05) is 20.1 Å². The normalized spacial score (nSPS) is 37.7. The van der Waals surface area contributed by atoms with Crippen LogP contribution in [0, 0.1) is 17.8 Å². The van der Waals surface area contributed by atoms with Crippen LogP contribution in [0.3, 0.4) is 0 Å². The number of carbonyl (C=O) groups is 1. The number of amides is 1. The summed E-state index contributed by atoms with van der Waals surface area (Å²) in [5.74, 6) is 2.43. The highest BCUT2D eigenvalue weighted by molar-refractivity contribution is 5.82. The Morgan fingerprint density at radius 3 is 2.18 bits per heavy atom.